The van der Waals surface area contributed by atoms with Crippen molar-refractivity contribution >= 4 is 28.7 Å². The zero-order chi connectivity index (χ0) is 14.4. The van der Waals surface area contributed by atoms with Crippen molar-refractivity contribution < 1.29 is 9.53 Å². The van der Waals surface area contributed by atoms with Crippen molar-refractivity contribution in [1.29, 1.82) is 0 Å². The lowest BCUT2D eigenvalue weighted by Crippen LogP contribution is -2.13. The minimum Gasteiger partial charge on any atom is -0.462 e. The number of ether oxygens (including phenoxy) is 1. The number of para-hydroxylation sites is 1. The number of hydrogen-bond acceptors (Lipinski definition) is 5. The Morgan fingerprint density at radius 3 is 2.95 bits per heavy atom. The number of carbonyl (C=O) groups is 1. The molecule has 0 radical (unpaired) electrons. The van der Waals surface area contributed by atoms with Crippen LogP contribution in [0.15, 0.2) is 35.0 Å². The third-order valence-electron chi connectivity index (χ3n) is 2.89. The highest BCUT2D eigenvalue weighted by Crippen LogP contribution is 2.24. The minimum absolute atomic E-state index is 0.349. The number of anilines is 2. The van der Waals surface area contributed by atoms with Crippen LogP contribution in [0, 0.1) is 0 Å². The first-order chi connectivity index (χ1) is 9.72. The molecular formula is C15H18N2O2S. The maximum atomic E-state index is 11.9. The van der Waals surface area contributed by atoms with Gasteiger partial charge in [0.05, 0.1) is 23.5 Å². The number of esters is 1. The van der Waals surface area contributed by atoms with E-state index in [0.717, 1.165) is 13.0 Å². The lowest BCUT2D eigenvalue weighted by atomic mass is 10.1. The summed E-state index contributed by atoms with van der Waals surface area (Å²) in [5.74, 6) is -0.349. The van der Waals surface area contributed by atoms with Gasteiger partial charge in [-0.1, -0.05) is 6.07 Å². The van der Waals surface area contributed by atoms with Gasteiger partial charge >= 0.3 is 5.97 Å². The smallest absolute Gasteiger partial charge is 0.340 e. The molecular weight excluding hydrogens is 272 g/mol. The molecule has 20 heavy (non-hydrogen) atoms. The first-order valence-electron chi connectivity index (χ1n) is 6.53. The summed E-state index contributed by atoms with van der Waals surface area (Å²) in [5, 5.41) is 7.40. The average molecular weight is 290 g/mol. The van der Waals surface area contributed by atoms with Gasteiger partial charge in [-0.2, -0.15) is 11.3 Å². The van der Waals surface area contributed by atoms with Crippen molar-refractivity contribution in [2.75, 3.05) is 24.2 Å². The third-order valence-corrected chi connectivity index (χ3v) is 3.62. The number of hydrogen-bond donors (Lipinski definition) is 2. The largest absolute Gasteiger partial charge is 0.462 e. The van der Waals surface area contributed by atoms with Gasteiger partial charge in [-0.15, -0.1) is 0 Å². The Bertz CT molecular complexity index is 567. The molecule has 0 atom stereocenters. The summed E-state index contributed by atoms with van der Waals surface area (Å²) in [6, 6.07) is 7.34. The van der Waals surface area contributed by atoms with Gasteiger partial charge in [-0.3, -0.25) is 0 Å². The summed E-state index contributed by atoms with van der Waals surface area (Å²) in [6.07, 6.45) is 0.889. The molecule has 0 aliphatic heterocycles. The van der Waals surface area contributed by atoms with Gasteiger partial charge in [0.1, 0.15) is 0 Å². The molecule has 0 spiro atoms. The first-order valence-corrected chi connectivity index (χ1v) is 7.47. The Kier molecular flexibility index (Phi) is 5.01. The molecule has 0 unspecified atom stereocenters. The quantitative estimate of drug-likeness (QED) is 0.633. The van der Waals surface area contributed by atoms with E-state index < -0.39 is 0 Å². The number of nitrogens with one attached hydrogen (secondary N) is 1. The topological polar surface area (TPSA) is 64.3 Å². The molecule has 1 aromatic heterocycles. The van der Waals surface area contributed by atoms with Crippen LogP contribution in [0.4, 0.5) is 11.4 Å². The zero-order valence-corrected chi connectivity index (χ0v) is 12.2. The number of carbonyl (C=O) groups excluding carboxylic acids is 1. The molecule has 0 bridgehead atoms. The van der Waals surface area contributed by atoms with Gasteiger partial charge in [-0.25, -0.2) is 4.79 Å². The van der Waals surface area contributed by atoms with Gasteiger partial charge in [-0.05, 0) is 47.9 Å². The third kappa shape index (κ3) is 3.51. The van der Waals surface area contributed by atoms with Crippen LogP contribution < -0.4 is 11.1 Å². The van der Waals surface area contributed by atoms with Crippen molar-refractivity contribution in [3.8, 4) is 0 Å². The molecule has 2 rings (SSSR count). The van der Waals surface area contributed by atoms with Crippen LogP contribution in [0.5, 0.6) is 0 Å². The van der Waals surface area contributed by atoms with Crippen LogP contribution in [0.25, 0.3) is 0 Å². The predicted molar refractivity (Wildman–Crippen MR) is 83.3 cm³/mol. The van der Waals surface area contributed by atoms with Crippen LogP contribution in [0.2, 0.25) is 0 Å². The first kappa shape index (κ1) is 14.4. The lowest BCUT2D eigenvalue weighted by molar-refractivity contribution is 0.0527. The molecule has 5 heteroatoms. The monoisotopic (exact) mass is 290 g/mol. The highest BCUT2D eigenvalue weighted by Gasteiger charge is 2.14. The van der Waals surface area contributed by atoms with E-state index in [1.807, 2.05) is 0 Å². The van der Waals surface area contributed by atoms with Crippen molar-refractivity contribution in [2.45, 2.75) is 13.3 Å². The van der Waals surface area contributed by atoms with Gasteiger partial charge in [0, 0.05) is 6.54 Å². The SMILES string of the molecule is CCOC(=O)c1cccc(N)c1NCCc1ccsc1. The number of rotatable bonds is 6. The van der Waals surface area contributed by atoms with Crippen LogP contribution >= 0.6 is 11.3 Å². The fourth-order valence-corrected chi connectivity index (χ4v) is 2.62. The van der Waals surface area contributed by atoms with E-state index in [1.165, 1.54) is 5.56 Å². The van der Waals surface area contributed by atoms with Crippen LogP contribution in [-0.2, 0) is 11.2 Å². The number of benzene rings is 1. The minimum atomic E-state index is -0.349. The van der Waals surface area contributed by atoms with Crippen LogP contribution in [0.1, 0.15) is 22.8 Å². The van der Waals surface area contributed by atoms with Crippen LogP contribution in [-0.4, -0.2) is 19.1 Å². The van der Waals surface area contributed by atoms with Crippen molar-refractivity contribution in [3.05, 3.63) is 46.2 Å². The predicted octanol–water partition coefficient (Wildman–Crippen LogP) is 3.16. The highest BCUT2D eigenvalue weighted by molar-refractivity contribution is 7.07. The maximum absolute atomic E-state index is 11.9. The highest BCUT2D eigenvalue weighted by atomic mass is 32.1. The lowest BCUT2D eigenvalue weighted by Gasteiger charge is -2.13. The number of nitrogens with two attached hydrogens (primary N) is 1. The fraction of sp³-hybridized carbons (Fsp3) is 0.267. The summed E-state index contributed by atoms with van der Waals surface area (Å²) in [5.41, 5.74) is 8.91. The van der Waals surface area contributed by atoms with E-state index in [0.29, 0.717) is 23.5 Å². The van der Waals surface area contributed by atoms with Gasteiger partial charge in [0.25, 0.3) is 0 Å². The molecule has 1 aromatic carbocycles. The normalized spacial score (nSPS) is 10.2. The molecule has 4 nitrogen and oxygen atoms in total. The van der Waals surface area contributed by atoms with Crippen molar-refractivity contribution in [1.82, 2.24) is 0 Å². The summed E-state index contributed by atoms with van der Waals surface area (Å²) < 4.78 is 5.04. The molecule has 2 aromatic rings. The Labute approximate surface area is 122 Å². The molecule has 0 amide bonds. The van der Waals surface area contributed by atoms with Gasteiger partial charge < -0.3 is 15.8 Å². The molecule has 0 saturated heterocycles. The Morgan fingerprint density at radius 2 is 2.25 bits per heavy atom. The van der Waals surface area contributed by atoms with E-state index in [-0.39, 0.29) is 5.97 Å². The second kappa shape index (κ2) is 6.96. The van der Waals surface area contributed by atoms with Gasteiger partial charge in [0.15, 0.2) is 0 Å². The molecule has 0 aliphatic rings. The molecule has 3 N–H and O–H groups in total. The molecule has 0 aliphatic carbocycles. The van der Waals surface area contributed by atoms with Gasteiger partial charge in [0.2, 0.25) is 0 Å². The Balaban J connectivity index is 2.07. The van der Waals surface area contributed by atoms with E-state index >= 15 is 0 Å². The number of thiophene rings is 1. The van der Waals surface area contributed by atoms with E-state index in [2.05, 4.69) is 22.1 Å². The van der Waals surface area contributed by atoms with E-state index in [9.17, 15) is 4.79 Å². The number of nitrogen functional groups attached to an aromatic ring is 1. The molecule has 0 saturated carbocycles. The van der Waals surface area contributed by atoms with Crippen molar-refractivity contribution in [3.63, 3.8) is 0 Å². The molecule has 0 fully saturated rings. The fourth-order valence-electron chi connectivity index (χ4n) is 1.91. The van der Waals surface area contributed by atoms with Crippen LogP contribution in [0.3, 0.4) is 0 Å². The Morgan fingerprint density at radius 1 is 1.40 bits per heavy atom. The summed E-state index contributed by atoms with van der Waals surface area (Å²) in [4.78, 5) is 11.9. The molecule has 1 heterocycles. The summed E-state index contributed by atoms with van der Waals surface area (Å²) in [7, 11) is 0. The second-order valence-electron chi connectivity index (χ2n) is 4.30. The average Bonchev–Trinajstić information content (AvgIpc) is 2.94. The Hall–Kier alpha value is -2.01. The summed E-state index contributed by atoms with van der Waals surface area (Å²) in [6.45, 7) is 2.85. The van der Waals surface area contributed by atoms with E-state index in [1.54, 1.807) is 36.5 Å². The zero-order valence-electron chi connectivity index (χ0n) is 11.4. The van der Waals surface area contributed by atoms with E-state index in [4.69, 9.17) is 10.5 Å². The second-order valence-corrected chi connectivity index (χ2v) is 5.08. The standard InChI is InChI=1S/C15H18N2O2S/c1-2-19-15(18)12-4-3-5-13(16)14(12)17-8-6-11-7-9-20-10-11/h3-5,7,9-10,17H,2,6,8,16H2,1H3. The van der Waals surface area contributed by atoms with Crippen molar-refractivity contribution in [2.24, 2.45) is 0 Å². The molecule has 106 valence electrons. The summed E-state index contributed by atoms with van der Waals surface area (Å²) >= 11 is 1.68. The maximum Gasteiger partial charge on any atom is 0.340 e.